The number of benzene rings is 1. The van der Waals surface area contributed by atoms with Gasteiger partial charge in [-0.1, -0.05) is 23.7 Å². The van der Waals surface area contributed by atoms with Crippen LogP contribution in [0.3, 0.4) is 0 Å². The molecule has 0 radical (unpaired) electrons. The molecule has 0 saturated heterocycles. The van der Waals surface area contributed by atoms with E-state index in [4.69, 9.17) is 16.3 Å². The summed E-state index contributed by atoms with van der Waals surface area (Å²) in [4.78, 5) is 16.4. The molecule has 1 fully saturated rings. The molecule has 0 aliphatic heterocycles. The lowest BCUT2D eigenvalue weighted by molar-refractivity contribution is -0.165. The molecular weight excluding hydrogens is 318 g/mol. The van der Waals surface area contributed by atoms with Gasteiger partial charge in [-0.05, 0) is 37.5 Å². The number of carbonyl (C=O) groups is 1. The van der Waals surface area contributed by atoms with Crippen LogP contribution >= 0.6 is 11.6 Å². The lowest BCUT2D eigenvalue weighted by Gasteiger charge is -2.35. The van der Waals surface area contributed by atoms with Crippen molar-refractivity contribution < 1.29 is 14.6 Å². The summed E-state index contributed by atoms with van der Waals surface area (Å²) in [5.41, 5.74) is -1.77. The molecule has 1 unspecified atom stereocenters. The average molecular weight is 336 g/mol. The third-order valence-corrected chi connectivity index (χ3v) is 4.64. The van der Waals surface area contributed by atoms with Crippen LogP contribution < -0.4 is 0 Å². The number of ether oxygens (including phenoxy) is 1. The first-order valence-corrected chi connectivity index (χ1v) is 7.88. The monoisotopic (exact) mass is 335 g/mol. The number of esters is 1. The van der Waals surface area contributed by atoms with E-state index in [1.807, 2.05) is 0 Å². The minimum atomic E-state index is -1.43. The molecule has 1 aliphatic carbocycles. The number of carbonyl (C=O) groups excluding carboxylic acids is 1. The molecule has 2 aromatic rings. The zero-order valence-corrected chi connectivity index (χ0v) is 13.5. The predicted octanol–water partition coefficient (Wildman–Crippen LogP) is 2.16. The van der Waals surface area contributed by atoms with E-state index in [9.17, 15) is 9.90 Å². The van der Waals surface area contributed by atoms with Crippen molar-refractivity contribution in [3.63, 3.8) is 0 Å². The molecule has 122 valence electrons. The van der Waals surface area contributed by atoms with Gasteiger partial charge in [-0.25, -0.2) is 9.67 Å². The standard InChI is InChI=1S/C16H18ClN3O3/c1-2-23-14(21)15(7-8-15)16(22,9-20-11-18-10-19-20)12-3-5-13(17)6-4-12/h3-6,10-11,22H,2,7-9H2,1H3. The molecule has 0 amide bonds. The fourth-order valence-electron chi connectivity index (χ4n) is 2.97. The molecule has 1 N–H and O–H groups in total. The molecule has 1 heterocycles. The van der Waals surface area contributed by atoms with E-state index in [2.05, 4.69) is 10.1 Å². The molecule has 0 bridgehead atoms. The molecule has 1 atom stereocenters. The number of aromatic nitrogens is 3. The Morgan fingerprint density at radius 1 is 1.43 bits per heavy atom. The minimum absolute atomic E-state index is 0.118. The van der Waals surface area contributed by atoms with E-state index in [0.29, 0.717) is 23.4 Å². The summed E-state index contributed by atoms with van der Waals surface area (Å²) in [7, 11) is 0. The van der Waals surface area contributed by atoms with Gasteiger partial charge in [0.1, 0.15) is 23.7 Å². The molecule has 1 aliphatic rings. The van der Waals surface area contributed by atoms with Gasteiger partial charge in [0.05, 0.1) is 13.2 Å². The maximum absolute atomic E-state index is 12.5. The summed E-state index contributed by atoms with van der Waals surface area (Å²) in [6.45, 7) is 2.15. The Bertz CT molecular complexity index is 683. The van der Waals surface area contributed by atoms with E-state index in [1.54, 1.807) is 31.2 Å². The van der Waals surface area contributed by atoms with E-state index >= 15 is 0 Å². The van der Waals surface area contributed by atoms with Crippen LogP contribution in [0.15, 0.2) is 36.9 Å². The topological polar surface area (TPSA) is 77.2 Å². The van der Waals surface area contributed by atoms with Crippen LogP contribution in [0.5, 0.6) is 0 Å². The Balaban J connectivity index is 2.03. The van der Waals surface area contributed by atoms with Gasteiger partial charge in [0, 0.05) is 5.02 Å². The van der Waals surface area contributed by atoms with Crippen molar-refractivity contribution in [2.24, 2.45) is 5.41 Å². The SMILES string of the molecule is CCOC(=O)C1(C(O)(Cn2cncn2)c2ccc(Cl)cc2)CC1. The molecule has 7 heteroatoms. The van der Waals surface area contributed by atoms with Crippen LogP contribution in [0.1, 0.15) is 25.3 Å². The van der Waals surface area contributed by atoms with Gasteiger partial charge < -0.3 is 9.84 Å². The molecule has 1 aromatic heterocycles. The number of nitrogens with zero attached hydrogens (tertiary/aromatic N) is 3. The van der Waals surface area contributed by atoms with Crippen molar-refractivity contribution >= 4 is 17.6 Å². The average Bonchev–Trinajstić information content (AvgIpc) is 3.21. The van der Waals surface area contributed by atoms with Crippen LogP contribution in [0.2, 0.25) is 5.02 Å². The zero-order valence-electron chi connectivity index (χ0n) is 12.8. The van der Waals surface area contributed by atoms with Gasteiger partial charge in [0.25, 0.3) is 0 Å². The molecule has 1 saturated carbocycles. The number of hydrogen-bond donors (Lipinski definition) is 1. The minimum Gasteiger partial charge on any atom is -0.465 e. The fraction of sp³-hybridized carbons (Fsp3) is 0.438. The van der Waals surface area contributed by atoms with Gasteiger partial charge in [0.15, 0.2) is 0 Å². The van der Waals surface area contributed by atoms with E-state index in [-0.39, 0.29) is 19.1 Å². The highest BCUT2D eigenvalue weighted by molar-refractivity contribution is 6.30. The fourth-order valence-corrected chi connectivity index (χ4v) is 3.10. The summed E-state index contributed by atoms with van der Waals surface area (Å²) in [6, 6.07) is 6.87. The Hall–Kier alpha value is -1.92. The van der Waals surface area contributed by atoms with E-state index in [1.165, 1.54) is 17.3 Å². The number of rotatable bonds is 6. The van der Waals surface area contributed by atoms with Crippen LogP contribution in [-0.4, -0.2) is 32.4 Å². The second kappa shape index (κ2) is 5.94. The first-order chi connectivity index (χ1) is 11.0. The van der Waals surface area contributed by atoms with Crippen molar-refractivity contribution in [3.8, 4) is 0 Å². The summed E-state index contributed by atoms with van der Waals surface area (Å²) in [5.74, 6) is -0.377. The van der Waals surface area contributed by atoms with E-state index < -0.39 is 11.0 Å². The second-order valence-electron chi connectivity index (χ2n) is 5.76. The molecular formula is C16H18ClN3O3. The van der Waals surface area contributed by atoms with Crippen molar-refractivity contribution in [3.05, 3.63) is 47.5 Å². The second-order valence-corrected chi connectivity index (χ2v) is 6.20. The predicted molar refractivity (Wildman–Crippen MR) is 83.7 cm³/mol. The van der Waals surface area contributed by atoms with Crippen molar-refractivity contribution in [2.75, 3.05) is 6.61 Å². The Morgan fingerprint density at radius 3 is 2.65 bits per heavy atom. The van der Waals surface area contributed by atoms with Gasteiger partial charge in [0.2, 0.25) is 0 Å². The Labute approximate surface area is 139 Å². The summed E-state index contributed by atoms with van der Waals surface area (Å²) >= 11 is 5.95. The molecule has 6 nitrogen and oxygen atoms in total. The van der Waals surface area contributed by atoms with Gasteiger partial charge in [-0.2, -0.15) is 5.10 Å². The zero-order chi connectivity index (χ0) is 16.5. The molecule has 3 rings (SSSR count). The summed E-state index contributed by atoms with van der Waals surface area (Å²) in [6.07, 6.45) is 4.05. The number of hydrogen-bond acceptors (Lipinski definition) is 5. The number of halogens is 1. The summed E-state index contributed by atoms with van der Waals surface area (Å²) < 4.78 is 6.73. The highest BCUT2D eigenvalue weighted by Crippen LogP contribution is 2.59. The van der Waals surface area contributed by atoms with Crippen LogP contribution in [-0.2, 0) is 21.7 Å². The van der Waals surface area contributed by atoms with Crippen molar-refractivity contribution in [1.82, 2.24) is 14.8 Å². The lowest BCUT2D eigenvalue weighted by atomic mass is 9.78. The molecule has 0 spiro atoms. The van der Waals surface area contributed by atoms with Crippen molar-refractivity contribution in [1.29, 1.82) is 0 Å². The van der Waals surface area contributed by atoms with Crippen LogP contribution in [0.4, 0.5) is 0 Å². The van der Waals surface area contributed by atoms with Gasteiger partial charge in [-0.15, -0.1) is 0 Å². The lowest BCUT2D eigenvalue weighted by Crippen LogP contribution is -2.46. The normalized spacial score (nSPS) is 18.2. The largest absolute Gasteiger partial charge is 0.465 e. The van der Waals surface area contributed by atoms with Crippen LogP contribution in [0.25, 0.3) is 0 Å². The summed E-state index contributed by atoms with van der Waals surface area (Å²) in [5, 5.41) is 16.1. The third-order valence-electron chi connectivity index (χ3n) is 4.39. The Kier molecular flexibility index (Phi) is 4.12. The molecule has 23 heavy (non-hydrogen) atoms. The highest BCUT2D eigenvalue weighted by atomic mass is 35.5. The quantitative estimate of drug-likeness (QED) is 0.819. The molecule has 1 aromatic carbocycles. The maximum Gasteiger partial charge on any atom is 0.315 e. The smallest absolute Gasteiger partial charge is 0.315 e. The third kappa shape index (κ3) is 2.72. The van der Waals surface area contributed by atoms with Crippen LogP contribution in [0, 0.1) is 5.41 Å². The highest BCUT2D eigenvalue weighted by Gasteiger charge is 2.66. The van der Waals surface area contributed by atoms with E-state index in [0.717, 1.165) is 0 Å². The first-order valence-electron chi connectivity index (χ1n) is 7.50. The van der Waals surface area contributed by atoms with Gasteiger partial charge >= 0.3 is 5.97 Å². The van der Waals surface area contributed by atoms with Gasteiger partial charge in [-0.3, -0.25) is 4.79 Å². The number of aliphatic hydroxyl groups is 1. The maximum atomic E-state index is 12.5. The first kappa shape index (κ1) is 16.0. The van der Waals surface area contributed by atoms with Crippen molar-refractivity contribution in [2.45, 2.75) is 31.9 Å². The Morgan fingerprint density at radius 2 is 2.13 bits per heavy atom.